The lowest BCUT2D eigenvalue weighted by Crippen LogP contribution is -2.10. The van der Waals surface area contributed by atoms with E-state index < -0.39 is 11.9 Å². The molecule has 0 saturated heterocycles. The summed E-state index contributed by atoms with van der Waals surface area (Å²) in [6.45, 7) is 0. The van der Waals surface area contributed by atoms with Crippen molar-refractivity contribution < 1.29 is 13.2 Å². The van der Waals surface area contributed by atoms with E-state index in [4.69, 9.17) is 23.2 Å². The molecule has 0 bridgehead atoms. The second-order valence-electron chi connectivity index (χ2n) is 3.12. The maximum atomic E-state index is 12.6. The summed E-state index contributed by atoms with van der Waals surface area (Å²) in [6.07, 6.45) is -4.58. The van der Waals surface area contributed by atoms with Crippen molar-refractivity contribution in [1.29, 1.82) is 0 Å². The minimum Gasteiger partial charge on any atom is -0.239 e. The SMILES string of the molecule is FC(F)(F)c1nc2cc(Cl)c(Cl)cc2nc1Br. The minimum atomic E-state index is -4.58. The average Bonchev–Trinajstić information content (AvgIpc) is 2.18. The fourth-order valence-corrected chi connectivity index (χ4v) is 2.03. The second-order valence-corrected chi connectivity index (χ2v) is 4.68. The highest BCUT2D eigenvalue weighted by Gasteiger charge is 2.36. The van der Waals surface area contributed by atoms with Gasteiger partial charge in [-0.05, 0) is 28.1 Å². The Balaban J connectivity index is 2.76. The van der Waals surface area contributed by atoms with Gasteiger partial charge in [0.1, 0.15) is 4.60 Å². The molecule has 2 aromatic rings. The number of fused-ring (bicyclic) bond motifs is 1. The molecule has 8 heteroatoms. The highest BCUT2D eigenvalue weighted by atomic mass is 79.9. The standard InChI is InChI=1S/C9H2BrCl2F3N2/c10-8-7(9(13,14)15)16-5-1-3(11)4(12)2-6(5)17-8/h1-2H. The summed E-state index contributed by atoms with van der Waals surface area (Å²) in [5, 5.41) is 0.337. The van der Waals surface area contributed by atoms with Crippen LogP contribution in [0.2, 0.25) is 10.0 Å². The van der Waals surface area contributed by atoms with Crippen LogP contribution >= 0.6 is 39.1 Å². The van der Waals surface area contributed by atoms with E-state index in [1.807, 2.05) is 0 Å². The van der Waals surface area contributed by atoms with Gasteiger partial charge >= 0.3 is 6.18 Å². The maximum Gasteiger partial charge on any atom is 0.436 e. The van der Waals surface area contributed by atoms with Gasteiger partial charge in [-0.25, -0.2) is 9.97 Å². The number of rotatable bonds is 0. The molecule has 90 valence electrons. The third kappa shape index (κ3) is 2.48. The van der Waals surface area contributed by atoms with Crippen LogP contribution in [0.5, 0.6) is 0 Å². The Kier molecular flexibility index (Phi) is 3.22. The van der Waals surface area contributed by atoms with Crippen molar-refractivity contribution in [1.82, 2.24) is 9.97 Å². The van der Waals surface area contributed by atoms with Gasteiger partial charge in [0.2, 0.25) is 0 Å². The summed E-state index contributed by atoms with van der Waals surface area (Å²) in [5.41, 5.74) is -0.822. The molecule has 0 aliphatic heterocycles. The lowest BCUT2D eigenvalue weighted by Gasteiger charge is -2.09. The monoisotopic (exact) mass is 344 g/mol. The minimum absolute atomic E-state index is 0.0370. The first-order valence-electron chi connectivity index (χ1n) is 4.18. The molecule has 17 heavy (non-hydrogen) atoms. The molecule has 1 aromatic carbocycles. The van der Waals surface area contributed by atoms with Crippen molar-refractivity contribution in [3.8, 4) is 0 Å². The topological polar surface area (TPSA) is 25.8 Å². The van der Waals surface area contributed by atoms with E-state index in [1.54, 1.807) is 0 Å². The first-order valence-corrected chi connectivity index (χ1v) is 5.73. The molecule has 1 heterocycles. The summed E-state index contributed by atoms with van der Waals surface area (Å²) in [5.74, 6) is 0. The molecule has 0 N–H and O–H groups in total. The number of benzene rings is 1. The Bertz CT molecular complexity index is 601. The van der Waals surface area contributed by atoms with Crippen LogP contribution in [0.3, 0.4) is 0 Å². The molecule has 0 aliphatic rings. The molecule has 2 rings (SSSR count). The molecule has 0 radical (unpaired) electrons. The van der Waals surface area contributed by atoms with Gasteiger partial charge in [-0.1, -0.05) is 23.2 Å². The second kappa shape index (κ2) is 4.26. The van der Waals surface area contributed by atoms with Gasteiger partial charge in [0.25, 0.3) is 0 Å². The number of halogens is 6. The van der Waals surface area contributed by atoms with Gasteiger partial charge in [0, 0.05) is 0 Å². The summed E-state index contributed by atoms with van der Waals surface area (Å²) in [4.78, 5) is 7.21. The smallest absolute Gasteiger partial charge is 0.239 e. The third-order valence-corrected chi connectivity index (χ3v) is 3.21. The highest BCUT2D eigenvalue weighted by molar-refractivity contribution is 9.10. The van der Waals surface area contributed by atoms with Crippen molar-refractivity contribution in [3.63, 3.8) is 0 Å². The molecule has 0 atom stereocenters. The normalized spacial score (nSPS) is 12.1. The summed E-state index contributed by atoms with van der Waals surface area (Å²) in [6, 6.07) is 2.60. The molecular formula is C9H2BrCl2F3N2. The van der Waals surface area contributed by atoms with Gasteiger partial charge < -0.3 is 0 Å². The van der Waals surface area contributed by atoms with Crippen LogP contribution < -0.4 is 0 Å². The number of hydrogen-bond donors (Lipinski definition) is 0. The molecule has 1 aromatic heterocycles. The summed E-state index contributed by atoms with van der Waals surface area (Å²) in [7, 11) is 0. The number of nitrogens with zero attached hydrogens (tertiary/aromatic N) is 2. The maximum absolute atomic E-state index is 12.6. The lowest BCUT2D eigenvalue weighted by molar-refractivity contribution is -0.141. The van der Waals surface area contributed by atoms with E-state index >= 15 is 0 Å². The third-order valence-electron chi connectivity index (χ3n) is 1.93. The Hall–Kier alpha value is -0.590. The van der Waals surface area contributed by atoms with E-state index in [-0.39, 0.29) is 25.7 Å². The van der Waals surface area contributed by atoms with Crippen molar-refractivity contribution in [3.05, 3.63) is 32.5 Å². The zero-order chi connectivity index (χ0) is 12.8. The molecular weight excluding hydrogens is 344 g/mol. The van der Waals surface area contributed by atoms with Gasteiger partial charge in [-0.2, -0.15) is 13.2 Å². The van der Waals surface area contributed by atoms with Crippen molar-refractivity contribution in [2.24, 2.45) is 0 Å². The predicted octanol–water partition coefficient (Wildman–Crippen LogP) is 4.72. The van der Waals surface area contributed by atoms with Crippen LogP contribution in [0.4, 0.5) is 13.2 Å². The first kappa shape index (κ1) is 12.9. The lowest BCUT2D eigenvalue weighted by atomic mass is 10.3. The van der Waals surface area contributed by atoms with E-state index in [0.29, 0.717) is 0 Å². The van der Waals surface area contributed by atoms with E-state index in [1.165, 1.54) is 12.1 Å². The molecule has 0 spiro atoms. The zero-order valence-electron chi connectivity index (χ0n) is 7.82. The highest BCUT2D eigenvalue weighted by Crippen LogP contribution is 2.34. The fourth-order valence-electron chi connectivity index (χ4n) is 1.21. The van der Waals surface area contributed by atoms with Gasteiger partial charge in [0.15, 0.2) is 5.69 Å². The van der Waals surface area contributed by atoms with Crippen molar-refractivity contribution in [2.75, 3.05) is 0 Å². The predicted molar refractivity (Wildman–Crippen MR) is 62.3 cm³/mol. The van der Waals surface area contributed by atoms with E-state index in [9.17, 15) is 13.2 Å². The van der Waals surface area contributed by atoms with Crippen LogP contribution in [-0.4, -0.2) is 9.97 Å². The summed E-state index contributed by atoms with van der Waals surface area (Å²) >= 11 is 14.2. The van der Waals surface area contributed by atoms with Gasteiger partial charge in [0.05, 0.1) is 21.1 Å². The molecule has 0 aliphatic carbocycles. The Labute approximate surface area is 112 Å². The molecule has 2 nitrogen and oxygen atoms in total. The summed E-state index contributed by atoms with van der Waals surface area (Å²) < 4.78 is 37.3. The largest absolute Gasteiger partial charge is 0.436 e. The van der Waals surface area contributed by atoms with Crippen LogP contribution in [0, 0.1) is 0 Å². The first-order chi connectivity index (χ1) is 7.79. The Morgan fingerprint density at radius 2 is 1.47 bits per heavy atom. The van der Waals surface area contributed by atoms with Crippen LogP contribution in [0.15, 0.2) is 16.7 Å². The number of hydrogen-bond acceptors (Lipinski definition) is 2. The number of alkyl halides is 3. The zero-order valence-corrected chi connectivity index (χ0v) is 10.9. The van der Waals surface area contributed by atoms with E-state index in [0.717, 1.165) is 0 Å². The Morgan fingerprint density at radius 1 is 1.00 bits per heavy atom. The molecule has 0 amide bonds. The van der Waals surface area contributed by atoms with Gasteiger partial charge in [-0.15, -0.1) is 0 Å². The van der Waals surface area contributed by atoms with Crippen LogP contribution in [-0.2, 0) is 6.18 Å². The van der Waals surface area contributed by atoms with Gasteiger partial charge in [-0.3, -0.25) is 0 Å². The van der Waals surface area contributed by atoms with Crippen LogP contribution in [0.25, 0.3) is 11.0 Å². The quantitative estimate of drug-likeness (QED) is 0.690. The van der Waals surface area contributed by atoms with Crippen molar-refractivity contribution >= 4 is 50.2 Å². The number of aromatic nitrogens is 2. The van der Waals surface area contributed by atoms with E-state index in [2.05, 4.69) is 25.9 Å². The molecule has 0 saturated carbocycles. The van der Waals surface area contributed by atoms with Crippen molar-refractivity contribution in [2.45, 2.75) is 6.18 Å². The van der Waals surface area contributed by atoms with Crippen LogP contribution in [0.1, 0.15) is 5.69 Å². The average molecular weight is 346 g/mol. The Morgan fingerprint density at radius 3 is 1.94 bits per heavy atom. The molecule has 0 unspecified atom stereocenters. The molecule has 0 fully saturated rings. The fraction of sp³-hybridized carbons (Fsp3) is 0.111.